The average Bonchev–Trinajstić information content (AvgIpc) is 2.85. The number of aliphatic hydroxyl groups excluding tert-OH is 2. The normalized spacial score (nSPS) is 30.9. The van der Waals surface area contributed by atoms with Gasteiger partial charge in [0.2, 0.25) is 0 Å². The topological polar surface area (TPSA) is 91.9 Å². The monoisotopic (exact) mass is 252 g/mol. The minimum Gasteiger partial charge on any atom is -0.394 e. The van der Waals surface area contributed by atoms with Crippen molar-refractivity contribution < 1.29 is 14.9 Å². The molecule has 0 unspecified atom stereocenters. The lowest BCUT2D eigenvalue weighted by Gasteiger charge is -2.16. The van der Waals surface area contributed by atoms with Crippen LogP contribution in [0.4, 0.5) is 5.82 Å². The number of anilines is 1. The van der Waals surface area contributed by atoms with Crippen molar-refractivity contribution in [1.29, 1.82) is 0 Å². The largest absolute Gasteiger partial charge is 0.394 e. The first-order valence-electron chi connectivity index (χ1n) is 6.04. The van der Waals surface area contributed by atoms with Gasteiger partial charge in [0.1, 0.15) is 18.1 Å². The Labute approximate surface area is 104 Å². The third kappa shape index (κ3) is 1.90. The van der Waals surface area contributed by atoms with E-state index < -0.39 is 12.2 Å². The Morgan fingerprint density at radius 1 is 1.56 bits per heavy atom. The van der Waals surface area contributed by atoms with Crippen molar-refractivity contribution >= 4 is 12.2 Å². The lowest BCUT2D eigenvalue weighted by Crippen LogP contribution is -2.24. The first kappa shape index (κ1) is 11.6. The first-order chi connectivity index (χ1) is 8.79. The van der Waals surface area contributed by atoms with Crippen molar-refractivity contribution in [3.05, 3.63) is 12.0 Å². The fourth-order valence-electron chi connectivity index (χ4n) is 2.35. The molecule has 2 aliphatic rings. The minimum absolute atomic E-state index is 0.177. The standard InChI is InChI=1S/C11H16N4O3/c16-4-9-8(17)3-10(18-9)15-6-14-7-1-2-12-5-13-11(7)15/h5-6,8-10,16-17H,1-4H2,(H,12,13)/t8-,9+,10+/m0/s1. The fourth-order valence-corrected chi connectivity index (χ4v) is 2.35. The van der Waals surface area contributed by atoms with Crippen LogP contribution in [0.25, 0.3) is 0 Å². The number of imidazole rings is 1. The van der Waals surface area contributed by atoms with Gasteiger partial charge in [0.05, 0.1) is 31.1 Å². The lowest BCUT2D eigenvalue weighted by atomic mass is 10.2. The van der Waals surface area contributed by atoms with Crippen molar-refractivity contribution in [3.63, 3.8) is 0 Å². The Hall–Kier alpha value is -1.44. The van der Waals surface area contributed by atoms with Crippen LogP contribution in [0.2, 0.25) is 0 Å². The Balaban J connectivity index is 1.85. The lowest BCUT2D eigenvalue weighted by molar-refractivity contribution is -0.0437. The van der Waals surface area contributed by atoms with Gasteiger partial charge in [-0.05, 0) is 0 Å². The molecule has 7 heteroatoms. The highest BCUT2D eigenvalue weighted by Crippen LogP contribution is 2.32. The molecule has 2 aliphatic heterocycles. The summed E-state index contributed by atoms with van der Waals surface area (Å²) >= 11 is 0. The van der Waals surface area contributed by atoms with Crippen LogP contribution in [0.5, 0.6) is 0 Å². The quantitative estimate of drug-likeness (QED) is 0.661. The predicted molar refractivity (Wildman–Crippen MR) is 64.5 cm³/mol. The molecule has 1 aromatic heterocycles. The van der Waals surface area contributed by atoms with Crippen molar-refractivity contribution in [3.8, 4) is 0 Å². The Bertz CT molecular complexity index is 459. The Kier molecular flexibility index (Phi) is 3.02. The zero-order valence-electron chi connectivity index (χ0n) is 9.86. The van der Waals surface area contributed by atoms with Crippen LogP contribution in [0.15, 0.2) is 11.3 Å². The third-order valence-corrected chi connectivity index (χ3v) is 3.33. The van der Waals surface area contributed by atoms with E-state index in [0.717, 1.165) is 17.9 Å². The van der Waals surface area contributed by atoms with E-state index in [1.165, 1.54) is 0 Å². The molecule has 0 aliphatic carbocycles. The molecule has 3 atom stereocenters. The maximum atomic E-state index is 9.75. The molecule has 0 bridgehead atoms. The molecule has 18 heavy (non-hydrogen) atoms. The molecule has 0 saturated carbocycles. The summed E-state index contributed by atoms with van der Waals surface area (Å²) in [5, 5.41) is 21.9. The molecule has 0 spiro atoms. The number of hydrogen-bond donors (Lipinski definition) is 3. The number of nitrogens with zero attached hydrogens (tertiary/aromatic N) is 3. The second kappa shape index (κ2) is 4.68. The first-order valence-corrected chi connectivity index (χ1v) is 6.04. The molecule has 7 nitrogen and oxygen atoms in total. The van der Waals surface area contributed by atoms with Crippen LogP contribution >= 0.6 is 0 Å². The van der Waals surface area contributed by atoms with Gasteiger partial charge < -0.3 is 20.3 Å². The smallest absolute Gasteiger partial charge is 0.139 e. The maximum absolute atomic E-state index is 9.75. The summed E-state index contributed by atoms with van der Waals surface area (Å²) in [6, 6.07) is 0. The van der Waals surface area contributed by atoms with Gasteiger partial charge in [-0.3, -0.25) is 9.56 Å². The highest BCUT2D eigenvalue weighted by Gasteiger charge is 2.35. The molecule has 0 aromatic carbocycles. The zero-order chi connectivity index (χ0) is 12.5. The molecule has 3 rings (SSSR count). The number of hydrogen-bond acceptors (Lipinski definition) is 6. The van der Waals surface area contributed by atoms with Gasteiger partial charge in [-0.2, -0.15) is 0 Å². The summed E-state index contributed by atoms with van der Waals surface area (Å²) in [6.07, 6.45) is 3.13. The number of fused-ring (bicyclic) bond motifs is 1. The van der Waals surface area contributed by atoms with E-state index in [2.05, 4.69) is 15.3 Å². The van der Waals surface area contributed by atoms with Gasteiger partial charge >= 0.3 is 0 Å². The number of rotatable bonds is 2. The Morgan fingerprint density at radius 2 is 2.44 bits per heavy atom. The summed E-state index contributed by atoms with van der Waals surface area (Å²) in [5.74, 6) is 0.854. The van der Waals surface area contributed by atoms with Crippen LogP contribution in [0, 0.1) is 0 Å². The van der Waals surface area contributed by atoms with E-state index in [4.69, 9.17) is 9.84 Å². The van der Waals surface area contributed by atoms with Gasteiger partial charge in [0.25, 0.3) is 0 Å². The van der Waals surface area contributed by atoms with Gasteiger partial charge in [0.15, 0.2) is 0 Å². The van der Waals surface area contributed by atoms with Gasteiger partial charge in [-0.15, -0.1) is 0 Å². The summed E-state index contributed by atoms with van der Waals surface area (Å²) < 4.78 is 7.47. The molecule has 0 radical (unpaired) electrons. The van der Waals surface area contributed by atoms with E-state index >= 15 is 0 Å². The number of ether oxygens (including phenoxy) is 1. The molecule has 0 amide bonds. The summed E-state index contributed by atoms with van der Waals surface area (Å²) in [7, 11) is 0. The molecule has 3 N–H and O–H groups in total. The number of aliphatic hydroxyl groups is 2. The minimum atomic E-state index is -0.641. The highest BCUT2D eigenvalue weighted by molar-refractivity contribution is 5.75. The van der Waals surface area contributed by atoms with Crippen LogP contribution in [0.3, 0.4) is 0 Å². The van der Waals surface area contributed by atoms with Crippen molar-refractivity contribution in [2.24, 2.45) is 4.99 Å². The predicted octanol–water partition coefficient (Wildman–Crippen LogP) is -0.480. The zero-order valence-corrected chi connectivity index (χ0v) is 9.86. The number of aromatic nitrogens is 2. The van der Waals surface area contributed by atoms with Gasteiger partial charge in [-0.25, -0.2) is 4.98 Å². The van der Waals surface area contributed by atoms with E-state index in [0.29, 0.717) is 13.0 Å². The van der Waals surface area contributed by atoms with Gasteiger partial charge in [-0.1, -0.05) is 0 Å². The Morgan fingerprint density at radius 3 is 3.22 bits per heavy atom. The van der Waals surface area contributed by atoms with Crippen LogP contribution in [-0.4, -0.2) is 51.5 Å². The maximum Gasteiger partial charge on any atom is 0.139 e. The SMILES string of the molecule is OC[C@H]1O[C@@H](n2cnc3c2NC=NCC3)C[C@@H]1O. The average molecular weight is 252 g/mol. The molecule has 98 valence electrons. The van der Waals surface area contributed by atoms with E-state index in [9.17, 15) is 5.11 Å². The van der Waals surface area contributed by atoms with Crippen molar-refractivity contribution in [1.82, 2.24) is 9.55 Å². The van der Waals surface area contributed by atoms with Crippen LogP contribution in [-0.2, 0) is 11.2 Å². The van der Waals surface area contributed by atoms with Crippen LogP contribution < -0.4 is 5.32 Å². The second-order valence-corrected chi connectivity index (χ2v) is 4.49. The van der Waals surface area contributed by atoms with Crippen LogP contribution in [0.1, 0.15) is 18.3 Å². The molecular formula is C11H16N4O3. The van der Waals surface area contributed by atoms with E-state index in [-0.39, 0.29) is 12.8 Å². The van der Waals surface area contributed by atoms with E-state index in [1.807, 2.05) is 4.57 Å². The molecule has 3 heterocycles. The second-order valence-electron chi connectivity index (χ2n) is 4.49. The van der Waals surface area contributed by atoms with Gasteiger partial charge in [0, 0.05) is 19.4 Å². The van der Waals surface area contributed by atoms with Crippen molar-refractivity contribution in [2.45, 2.75) is 31.3 Å². The summed E-state index contributed by atoms with van der Waals surface area (Å²) in [6.45, 7) is 0.536. The number of nitrogens with one attached hydrogen (secondary N) is 1. The van der Waals surface area contributed by atoms with E-state index in [1.54, 1.807) is 12.7 Å². The third-order valence-electron chi connectivity index (χ3n) is 3.33. The molecule has 1 saturated heterocycles. The van der Waals surface area contributed by atoms with Crippen molar-refractivity contribution in [2.75, 3.05) is 18.5 Å². The summed E-state index contributed by atoms with van der Waals surface area (Å²) in [4.78, 5) is 8.49. The molecule has 1 fully saturated rings. The summed E-state index contributed by atoms with van der Waals surface area (Å²) in [5.41, 5.74) is 0.943. The molecule has 1 aromatic rings. The molecular weight excluding hydrogens is 236 g/mol. The fraction of sp³-hybridized carbons (Fsp3) is 0.636. The highest BCUT2D eigenvalue weighted by atomic mass is 16.5. The number of aliphatic imine (C=N–C) groups is 1.